The van der Waals surface area contributed by atoms with E-state index >= 15 is 0 Å². The standard InChI is InChI=1S/C18H24ClNO3/c1-12(2)20(14-5-8-22-9-6-14)18(21)15-7-10-23-17-4-3-13(19)11-16(15)17/h3-4,11-12,14-15H,5-10H2,1-2H3. The Balaban J connectivity index is 1.88. The van der Waals surface area contributed by atoms with Crippen LogP contribution in [0.3, 0.4) is 0 Å². The van der Waals surface area contributed by atoms with Gasteiger partial charge in [0, 0.05) is 35.9 Å². The SMILES string of the molecule is CC(C)N(C(=O)C1CCOc2ccc(Cl)cc21)C1CCOCC1. The first kappa shape index (κ1) is 16.6. The van der Waals surface area contributed by atoms with E-state index in [0.717, 1.165) is 37.4 Å². The van der Waals surface area contributed by atoms with Crippen molar-refractivity contribution in [2.24, 2.45) is 0 Å². The summed E-state index contributed by atoms with van der Waals surface area (Å²) < 4.78 is 11.1. The third-order valence-corrected chi connectivity index (χ3v) is 4.94. The third-order valence-electron chi connectivity index (χ3n) is 4.70. The van der Waals surface area contributed by atoms with Gasteiger partial charge in [0.05, 0.1) is 12.5 Å². The van der Waals surface area contributed by atoms with Crippen LogP contribution >= 0.6 is 11.6 Å². The summed E-state index contributed by atoms with van der Waals surface area (Å²) in [6.07, 6.45) is 2.53. The molecule has 3 rings (SSSR count). The van der Waals surface area contributed by atoms with Crippen molar-refractivity contribution < 1.29 is 14.3 Å². The first-order chi connectivity index (χ1) is 11.1. The monoisotopic (exact) mass is 337 g/mol. The van der Waals surface area contributed by atoms with E-state index in [4.69, 9.17) is 21.1 Å². The lowest BCUT2D eigenvalue weighted by molar-refractivity contribution is -0.140. The number of fused-ring (bicyclic) bond motifs is 1. The molecule has 5 heteroatoms. The number of hydrogen-bond donors (Lipinski definition) is 0. The van der Waals surface area contributed by atoms with Gasteiger partial charge in [0.15, 0.2) is 0 Å². The molecule has 0 radical (unpaired) electrons. The van der Waals surface area contributed by atoms with Crippen LogP contribution in [0, 0.1) is 0 Å². The van der Waals surface area contributed by atoms with Gasteiger partial charge >= 0.3 is 0 Å². The molecule has 1 amide bonds. The Morgan fingerprint density at radius 1 is 1.22 bits per heavy atom. The maximum absolute atomic E-state index is 13.3. The number of amides is 1. The summed E-state index contributed by atoms with van der Waals surface area (Å²) in [5.41, 5.74) is 0.923. The van der Waals surface area contributed by atoms with Crippen LogP contribution in [-0.4, -0.2) is 42.7 Å². The van der Waals surface area contributed by atoms with Crippen molar-refractivity contribution >= 4 is 17.5 Å². The minimum Gasteiger partial charge on any atom is -0.493 e. The quantitative estimate of drug-likeness (QED) is 0.845. The van der Waals surface area contributed by atoms with Gasteiger partial charge in [-0.3, -0.25) is 4.79 Å². The molecule has 1 aromatic carbocycles. The van der Waals surface area contributed by atoms with E-state index in [0.29, 0.717) is 18.1 Å². The summed E-state index contributed by atoms with van der Waals surface area (Å²) in [5, 5.41) is 0.647. The minimum atomic E-state index is -0.164. The predicted octanol–water partition coefficient (Wildman–Crippen LogP) is 3.62. The summed E-state index contributed by atoms with van der Waals surface area (Å²) in [5.74, 6) is 0.816. The number of rotatable bonds is 3. The molecular weight excluding hydrogens is 314 g/mol. The average molecular weight is 338 g/mol. The Morgan fingerprint density at radius 3 is 2.65 bits per heavy atom. The van der Waals surface area contributed by atoms with E-state index in [2.05, 4.69) is 18.7 Å². The van der Waals surface area contributed by atoms with Crippen molar-refractivity contribution in [3.63, 3.8) is 0 Å². The highest BCUT2D eigenvalue weighted by Gasteiger charge is 2.36. The van der Waals surface area contributed by atoms with E-state index in [1.54, 1.807) is 0 Å². The van der Waals surface area contributed by atoms with Gasteiger partial charge < -0.3 is 14.4 Å². The molecule has 1 saturated heterocycles. The van der Waals surface area contributed by atoms with Gasteiger partial charge in [-0.15, -0.1) is 0 Å². The largest absolute Gasteiger partial charge is 0.493 e. The molecule has 0 bridgehead atoms. The zero-order chi connectivity index (χ0) is 16.4. The Bertz CT molecular complexity index is 569. The molecule has 1 unspecified atom stereocenters. The normalized spacial score (nSPS) is 21.7. The third kappa shape index (κ3) is 3.48. The highest BCUT2D eigenvalue weighted by Crippen LogP contribution is 2.37. The maximum Gasteiger partial charge on any atom is 0.230 e. The van der Waals surface area contributed by atoms with E-state index in [9.17, 15) is 4.79 Å². The minimum absolute atomic E-state index is 0.164. The number of benzene rings is 1. The summed E-state index contributed by atoms with van der Waals surface area (Å²) in [6.45, 7) is 6.22. The first-order valence-corrected chi connectivity index (χ1v) is 8.78. The van der Waals surface area contributed by atoms with Crippen molar-refractivity contribution in [2.75, 3.05) is 19.8 Å². The van der Waals surface area contributed by atoms with Crippen molar-refractivity contribution in [1.82, 2.24) is 4.90 Å². The summed E-state index contributed by atoms with van der Waals surface area (Å²) >= 11 is 6.14. The second-order valence-corrected chi connectivity index (χ2v) is 6.99. The van der Waals surface area contributed by atoms with Gasteiger partial charge in [-0.2, -0.15) is 0 Å². The van der Waals surface area contributed by atoms with E-state index in [1.165, 1.54) is 0 Å². The van der Waals surface area contributed by atoms with Gasteiger partial charge in [-0.1, -0.05) is 11.6 Å². The molecular formula is C18H24ClNO3. The van der Waals surface area contributed by atoms with Gasteiger partial charge in [0.1, 0.15) is 5.75 Å². The van der Waals surface area contributed by atoms with Crippen molar-refractivity contribution in [3.8, 4) is 5.75 Å². The van der Waals surface area contributed by atoms with Crippen molar-refractivity contribution in [2.45, 2.75) is 51.1 Å². The number of hydrogen-bond acceptors (Lipinski definition) is 3. The molecule has 0 saturated carbocycles. The Morgan fingerprint density at radius 2 is 1.96 bits per heavy atom. The topological polar surface area (TPSA) is 38.8 Å². The Hall–Kier alpha value is -1.26. The van der Waals surface area contributed by atoms with Crippen LogP contribution in [0.25, 0.3) is 0 Å². The first-order valence-electron chi connectivity index (χ1n) is 8.40. The lowest BCUT2D eigenvalue weighted by atomic mass is 9.90. The molecule has 126 valence electrons. The fraction of sp³-hybridized carbons (Fsp3) is 0.611. The van der Waals surface area contributed by atoms with Crippen LogP contribution in [-0.2, 0) is 9.53 Å². The number of nitrogens with zero attached hydrogens (tertiary/aromatic N) is 1. The Labute approximate surface area is 142 Å². The number of carbonyl (C=O) groups excluding carboxylic acids is 1. The second kappa shape index (κ2) is 7.10. The lowest BCUT2D eigenvalue weighted by Crippen LogP contribution is -2.49. The van der Waals surface area contributed by atoms with E-state index in [-0.39, 0.29) is 23.9 Å². The van der Waals surface area contributed by atoms with Crippen molar-refractivity contribution in [1.29, 1.82) is 0 Å². The molecule has 2 aliphatic rings. The molecule has 1 aromatic rings. The van der Waals surface area contributed by atoms with Crippen LogP contribution < -0.4 is 4.74 Å². The molecule has 0 spiro atoms. The fourth-order valence-electron chi connectivity index (χ4n) is 3.62. The van der Waals surface area contributed by atoms with Crippen molar-refractivity contribution in [3.05, 3.63) is 28.8 Å². The molecule has 0 aromatic heterocycles. The molecule has 23 heavy (non-hydrogen) atoms. The highest BCUT2D eigenvalue weighted by molar-refractivity contribution is 6.30. The number of carbonyl (C=O) groups is 1. The van der Waals surface area contributed by atoms with Crippen LogP contribution in [0.2, 0.25) is 5.02 Å². The molecule has 0 aliphatic carbocycles. The van der Waals surface area contributed by atoms with E-state index in [1.807, 2.05) is 18.2 Å². The summed E-state index contributed by atoms with van der Waals surface area (Å²) in [7, 11) is 0. The number of halogens is 1. The Kier molecular flexibility index (Phi) is 5.12. The second-order valence-electron chi connectivity index (χ2n) is 6.55. The molecule has 0 N–H and O–H groups in total. The fourth-order valence-corrected chi connectivity index (χ4v) is 3.80. The van der Waals surface area contributed by atoms with E-state index < -0.39 is 0 Å². The smallest absolute Gasteiger partial charge is 0.230 e. The maximum atomic E-state index is 13.3. The molecule has 2 heterocycles. The zero-order valence-electron chi connectivity index (χ0n) is 13.8. The number of ether oxygens (including phenoxy) is 2. The molecule has 1 atom stereocenters. The van der Waals surface area contributed by atoms with Crippen LogP contribution in [0.1, 0.15) is 44.6 Å². The molecule has 1 fully saturated rings. The van der Waals surface area contributed by atoms with Gasteiger partial charge in [0.2, 0.25) is 5.91 Å². The summed E-state index contributed by atoms with van der Waals surface area (Å²) in [4.78, 5) is 15.4. The molecule has 2 aliphatic heterocycles. The lowest BCUT2D eigenvalue weighted by Gasteiger charge is -2.40. The van der Waals surface area contributed by atoms with Crippen LogP contribution in [0.5, 0.6) is 5.75 Å². The van der Waals surface area contributed by atoms with Gasteiger partial charge in [-0.25, -0.2) is 0 Å². The summed E-state index contributed by atoms with van der Waals surface area (Å²) in [6, 6.07) is 6.00. The van der Waals surface area contributed by atoms with Gasteiger partial charge in [-0.05, 0) is 51.3 Å². The zero-order valence-corrected chi connectivity index (χ0v) is 14.5. The molecule has 4 nitrogen and oxygen atoms in total. The predicted molar refractivity (Wildman–Crippen MR) is 90.1 cm³/mol. The average Bonchev–Trinajstić information content (AvgIpc) is 2.55. The highest BCUT2D eigenvalue weighted by atomic mass is 35.5. The van der Waals surface area contributed by atoms with Crippen LogP contribution in [0.15, 0.2) is 18.2 Å². The van der Waals surface area contributed by atoms with Gasteiger partial charge in [0.25, 0.3) is 0 Å². The van der Waals surface area contributed by atoms with Crippen LogP contribution in [0.4, 0.5) is 0 Å².